The number of allylic oxidation sites excluding steroid dienone is 4. The van der Waals surface area contributed by atoms with Gasteiger partial charge >= 0.3 is 0 Å². The lowest BCUT2D eigenvalue weighted by Gasteiger charge is -2.34. The first-order valence-electron chi connectivity index (χ1n) is 24.8. The van der Waals surface area contributed by atoms with Crippen molar-refractivity contribution >= 4 is 65.1 Å². The Balaban J connectivity index is 0.777. The molecule has 0 radical (unpaired) electrons. The van der Waals surface area contributed by atoms with Crippen LogP contribution < -0.4 is 26.6 Å². The van der Waals surface area contributed by atoms with Crippen LogP contribution in [0, 0.1) is 5.41 Å². The number of nitrogens with zero attached hydrogens (tertiary/aromatic N) is 3. The van der Waals surface area contributed by atoms with Gasteiger partial charge in [-0.1, -0.05) is 80.1 Å². The van der Waals surface area contributed by atoms with E-state index in [-0.39, 0.29) is 48.6 Å². The van der Waals surface area contributed by atoms with E-state index in [2.05, 4.69) is 75.3 Å². The smallest absolute Gasteiger partial charge is 0.249 e. The Morgan fingerprint density at radius 3 is 2.36 bits per heavy atom. The highest BCUT2D eigenvalue weighted by molar-refractivity contribution is 6.08. The van der Waals surface area contributed by atoms with E-state index in [1.807, 2.05) is 42.7 Å². The molecule has 1 unspecified atom stereocenters. The lowest BCUT2D eigenvalue weighted by Crippen LogP contribution is -2.49. The van der Waals surface area contributed by atoms with Gasteiger partial charge in [0.1, 0.15) is 6.04 Å². The van der Waals surface area contributed by atoms with Crippen molar-refractivity contribution in [3.63, 3.8) is 0 Å². The fraction of sp³-hybridized carbons (Fsp3) is 0.429. The fourth-order valence-corrected chi connectivity index (χ4v) is 10.6. The molecule has 69 heavy (non-hydrogen) atoms. The number of benzene rings is 3. The fourth-order valence-electron chi connectivity index (χ4n) is 10.6. The highest BCUT2D eigenvalue weighted by atomic mass is 16.5. The summed E-state index contributed by atoms with van der Waals surface area (Å²) in [7, 11) is 0. The van der Waals surface area contributed by atoms with Gasteiger partial charge in [-0.15, -0.1) is 0 Å². The quantitative estimate of drug-likeness (QED) is 0.0320. The lowest BCUT2D eigenvalue weighted by molar-refractivity contribution is -0.136. The maximum atomic E-state index is 14.0. The van der Waals surface area contributed by atoms with Crippen molar-refractivity contribution in [1.82, 2.24) is 25.0 Å². The third-order valence-electron chi connectivity index (χ3n) is 14.4. The Hall–Kier alpha value is -6.28. The number of ether oxygens (including phenoxy) is 1. The second-order valence-electron chi connectivity index (χ2n) is 19.3. The third kappa shape index (κ3) is 11.8. The molecule has 1 aromatic heterocycles. The average Bonchev–Trinajstić information content (AvgIpc) is 3.94. The van der Waals surface area contributed by atoms with Crippen molar-refractivity contribution in [3.8, 4) is 11.1 Å². The SMILES string of the molecule is C=c1c2cccc(CCCOCCC(=O)NCN3CCN(Cc4ccc(-c5cc(NC6CCCC6)c(C=N)c(C(=O)CCC6=C(C)C=C(C)CC6=O)c5)cc4)CC3)c2c(=C)n1C1CCC(=O)NC1=O. The molecule has 4 N–H and O–H groups in total. The largest absolute Gasteiger partial charge is 0.382 e. The van der Waals surface area contributed by atoms with Crippen LogP contribution in [-0.4, -0.2) is 102 Å². The van der Waals surface area contributed by atoms with Crippen molar-refractivity contribution in [2.24, 2.45) is 0 Å². The number of anilines is 1. The standard InChI is InChI=1S/C56H67N7O6/c1-36-29-37(2)45(52(65)30-36)18-20-51(64)47-31-43(32-49(48(47)33-57)59-44-11-5-6-12-44)41-16-14-40(15-17-41)34-61-23-25-62(26-24-61)35-58-53(66)22-28-69-27-8-10-42-9-7-13-46-38(3)63(39(4)55(42)46)50-19-21-54(67)60-56(50)68/h7,9,13-17,29,31-33,44,50,57,59H,3-6,8,10-12,18-28,30,34-35H2,1-2H3,(H,58,66)(H,60,67,68). The summed E-state index contributed by atoms with van der Waals surface area (Å²) >= 11 is 0. The second-order valence-corrected chi connectivity index (χ2v) is 19.3. The molecule has 2 aliphatic carbocycles. The van der Waals surface area contributed by atoms with E-state index in [0.717, 1.165) is 132 Å². The highest BCUT2D eigenvalue weighted by Gasteiger charge is 2.30. The molecular formula is C56H67N7O6. The normalized spacial score (nSPS) is 18.4. The minimum atomic E-state index is -0.513. The number of hydrogen-bond acceptors (Lipinski definition) is 10. The van der Waals surface area contributed by atoms with E-state index in [4.69, 9.17) is 10.1 Å². The molecule has 2 aliphatic heterocycles. The molecule has 3 amide bonds. The van der Waals surface area contributed by atoms with Crippen LogP contribution in [0.4, 0.5) is 5.69 Å². The maximum Gasteiger partial charge on any atom is 0.249 e. The molecule has 4 aromatic rings. The molecule has 2 saturated heterocycles. The summed E-state index contributed by atoms with van der Waals surface area (Å²) in [6.07, 6.45) is 11.3. The number of aromatic nitrogens is 1. The van der Waals surface area contributed by atoms with Crippen LogP contribution in [0.3, 0.4) is 0 Å². The molecular weight excluding hydrogens is 867 g/mol. The number of ketones is 2. The van der Waals surface area contributed by atoms with Crippen LogP contribution in [-0.2, 0) is 36.9 Å². The van der Waals surface area contributed by atoms with Gasteiger partial charge in [-0.3, -0.25) is 39.1 Å². The molecule has 1 saturated carbocycles. The summed E-state index contributed by atoms with van der Waals surface area (Å²) in [5.41, 5.74) is 8.87. The van der Waals surface area contributed by atoms with Gasteiger partial charge in [0.2, 0.25) is 17.7 Å². The number of hydrogen-bond donors (Lipinski definition) is 4. The number of imide groups is 1. The van der Waals surface area contributed by atoms with Gasteiger partial charge in [0.15, 0.2) is 11.6 Å². The number of nitrogens with one attached hydrogen (secondary N) is 4. The van der Waals surface area contributed by atoms with Crippen molar-refractivity contribution in [1.29, 1.82) is 5.41 Å². The van der Waals surface area contributed by atoms with E-state index in [0.29, 0.717) is 56.3 Å². The molecule has 8 rings (SSSR count). The molecule has 3 fully saturated rings. The zero-order chi connectivity index (χ0) is 48.6. The van der Waals surface area contributed by atoms with Crippen molar-refractivity contribution < 1.29 is 28.7 Å². The maximum absolute atomic E-state index is 14.0. The first kappa shape index (κ1) is 49.2. The summed E-state index contributed by atoms with van der Waals surface area (Å²) in [5.74, 6) is -0.582. The van der Waals surface area contributed by atoms with E-state index >= 15 is 0 Å². The predicted molar refractivity (Wildman–Crippen MR) is 273 cm³/mol. The molecule has 3 aromatic carbocycles. The number of Topliss-reactive ketones (excluding diaryl/α,β-unsaturated/α-hetero) is 2. The second kappa shape index (κ2) is 22.4. The van der Waals surface area contributed by atoms with Crippen molar-refractivity contribution in [3.05, 3.63) is 110 Å². The van der Waals surface area contributed by atoms with Gasteiger partial charge in [0.25, 0.3) is 0 Å². The molecule has 13 nitrogen and oxygen atoms in total. The Bertz CT molecular complexity index is 2790. The predicted octanol–water partition coefficient (Wildman–Crippen LogP) is 6.89. The Morgan fingerprint density at radius 1 is 0.884 bits per heavy atom. The third-order valence-corrected chi connectivity index (χ3v) is 14.4. The van der Waals surface area contributed by atoms with Crippen molar-refractivity contribution in [2.75, 3.05) is 51.4 Å². The van der Waals surface area contributed by atoms with Crippen LogP contribution in [0.2, 0.25) is 0 Å². The van der Waals surface area contributed by atoms with Crippen LogP contribution in [0.1, 0.15) is 118 Å². The van der Waals surface area contributed by atoms with Gasteiger partial charge < -0.3 is 25.3 Å². The number of piperazine rings is 1. The molecule has 3 heterocycles. The molecule has 4 aliphatic rings. The van der Waals surface area contributed by atoms with E-state index < -0.39 is 6.04 Å². The van der Waals surface area contributed by atoms with Gasteiger partial charge in [-0.05, 0) is 97.9 Å². The molecule has 0 bridgehead atoms. The first-order valence-corrected chi connectivity index (χ1v) is 24.8. The van der Waals surface area contributed by atoms with Crippen LogP contribution in [0.5, 0.6) is 0 Å². The summed E-state index contributed by atoms with van der Waals surface area (Å²) in [6.45, 7) is 18.1. The van der Waals surface area contributed by atoms with E-state index in [1.165, 1.54) is 11.8 Å². The number of rotatable bonds is 20. The van der Waals surface area contributed by atoms with Crippen molar-refractivity contribution in [2.45, 2.75) is 110 Å². The molecule has 13 heteroatoms. The summed E-state index contributed by atoms with van der Waals surface area (Å²) < 4.78 is 7.73. The summed E-state index contributed by atoms with van der Waals surface area (Å²) in [6, 6.07) is 18.4. The zero-order valence-electron chi connectivity index (χ0n) is 40.4. The Labute approximate surface area is 405 Å². The monoisotopic (exact) mass is 934 g/mol. The number of carbonyl (C=O) groups is 5. The number of carbonyl (C=O) groups excluding carboxylic acids is 5. The average molecular weight is 934 g/mol. The minimum absolute atomic E-state index is 0.0384. The topological polar surface area (TPSA) is 166 Å². The highest BCUT2D eigenvalue weighted by Crippen LogP contribution is 2.33. The Morgan fingerprint density at radius 2 is 1.64 bits per heavy atom. The molecule has 0 spiro atoms. The summed E-state index contributed by atoms with van der Waals surface area (Å²) in [4.78, 5) is 68.6. The number of piperidine rings is 1. The number of amides is 3. The van der Waals surface area contributed by atoms with E-state index in [1.54, 1.807) is 0 Å². The number of aryl methyl sites for hydroxylation is 1. The zero-order valence-corrected chi connectivity index (χ0v) is 40.4. The Kier molecular flexibility index (Phi) is 16.0. The van der Waals surface area contributed by atoms with Gasteiger partial charge in [-0.25, -0.2) is 0 Å². The van der Waals surface area contributed by atoms with Crippen LogP contribution in [0.15, 0.2) is 77.4 Å². The number of fused-ring (bicyclic) bond motifs is 1. The van der Waals surface area contributed by atoms with Gasteiger partial charge in [0, 0.05) is 116 Å². The van der Waals surface area contributed by atoms with Crippen LogP contribution >= 0.6 is 0 Å². The van der Waals surface area contributed by atoms with Crippen LogP contribution in [0.25, 0.3) is 35.1 Å². The van der Waals surface area contributed by atoms with Gasteiger partial charge in [0.05, 0.1) is 13.3 Å². The van der Waals surface area contributed by atoms with E-state index in [9.17, 15) is 24.0 Å². The lowest BCUT2D eigenvalue weighted by atomic mass is 9.87. The summed E-state index contributed by atoms with van der Waals surface area (Å²) in [5, 5.41) is 20.9. The minimum Gasteiger partial charge on any atom is -0.382 e. The first-order chi connectivity index (χ1) is 33.4. The van der Waals surface area contributed by atoms with Gasteiger partial charge in [-0.2, -0.15) is 0 Å². The molecule has 362 valence electrons. The molecule has 1 atom stereocenters.